The van der Waals surface area contributed by atoms with Crippen molar-refractivity contribution >= 4 is 23.8 Å². The lowest BCUT2D eigenvalue weighted by Crippen LogP contribution is -2.50. The molecule has 0 saturated heterocycles. The van der Waals surface area contributed by atoms with Gasteiger partial charge in [-0.1, -0.05) is 19.8 Å². The van der Waals surface area contributed by atoms with Gasteiger partial charge in [0.1, 0.15) is 6.54 Å². The zero-order valence-electron chi connectivity index (χ0n) is 11.7. The van der Waals surface area contributed by atoms with E-state index in [0.29, 0.717) is 11.8 Å². The Bertz CT molecular complexity index is 312. The monoisotopic (exact) mass is 288 g/mol. The van der Waals surface area contributed by atoms with Crippen LogP contribution in [0.4, 0.5) is 4.79 Å². The van der Waals surface area contributed by atoms with Crippen molar-refractivity contribution in [1.82, 2.24) is 10.2 Å². The molecule has 1 aliphatic rings. The smallest absolute Gasteiger partial charge is 0.323 e. The second-order valence-corrected chi connectivity index (χ2v) is 6.01. The first-order valence-corrected chi connectivity index (χ1v) is 8.17. The molecule has 0 aromatic heterocycles. The van der Waals surface area contributed by atoms with Crippen LogP contribution in [-0.4, -0.2) is 52.6 Å². The van der Waals surface area contributed by atoms with Gasteiger partial charge >= 0.3 is 12.0 Å². The van der Waals surface area contributed by atoms with E-state index in [1.807, 2.05) is 6.92 Å². The highest BCUT2D eigenvalue weighted by molar-refractivity contribution is 7.99. The molecule has 19 heavy (non-hydrogen) atoms. The fourth-order valence-electron chi connectivity index (χ4n) is 2.48. The van der Waals surface area contributed by atoms with Crippen LogP contribution in [-0.2, 0) is 4.79 Å². The fourth-order valence-corrected chi connectivity index (χ4v) is 3.41. The molecule has 1 rings (SSSR count). The maximum atomic E-state index is 12.1. The molecule has 0 bridgehead atoms. The Morgan fingerprint density at radius 2 is 2.05 bits per heavy atom. The number of amides is 2. The summed E-state index contributed by atoms with van der Waals surface area (Å²) in [5.41, 5.74) is 0. The zero-order valence-corrected chi connectivity index (χ0v) is 12.5. The summed E-state index contributed by atoms with van der Waals surface area (Å²) in [5, 5.41) is 12.3. The topological polar surface area (TPSA) is 69.6 Å². The van der Waals surface area contributed by atoms with Crippen LogP contribution in [0.2, 0.25) is 0 Å². The van der Waals surface area contributed by atoms with Crippen molar-refractivity contribution in [2.45, 2.75) is 50.3 Å². The van der Waals surface area contributed by atoms with Crippen molar-refractivity contribution in [2.75, 3.05) is 19.3 Å². The predicted octanol–water partition coefficient (Wildman–Crippen LogP) is 2.17. The molecule has 0 aromatic carbocycles. The number of aliphatic carboxylic acids is 1. The number of rotatable bonds is 6. The van der Waals surface area contributed by atoms with E-state index in [1.165, 1.54) is 11.3 Å². The van der Waals surface area contributed by atoms with E-state index in [-0.39, 0.29) is 18.6 Å². The first-order chi connectivity index (χ1) is 9.08. The number of urea groups is 1. The third-order valence-corrected chi connectivity index (χ3v) is 4.59. The molecular weight excluding hydrogens is 264 g/mol. The van der Waals surface area contributed by atoms with Gasteiger partial charge in [0, 0.05) is 17.8 Å². The van der Waals surface area contributed by atoms with Gasteiger partial charge in [-0.15, -0.1) is 0 Å². The largest absolute Gasteiger partial charge is 0.480 e. The Hall–Kier alpha value is -0.910. The molecule has 0 aliphatic heterocycles. The van der Waals surface area contributed by atoms with E-state index in [1.54, 1.807) is 11.8 Å². The molecule has 2 N–H and O–H groups in total. The van der Waals surface area contributed by atoms with Crippen LogP contribution >= 0.6 is 11.8 Å². The van der Waals surface area contributed by atoms with Gasteiger partial charge in [0.2, 0.25) is 0 Å². The van der Waals surface area contributed by atoms with Gasteiger partial charge in [-0.25, -0.2) is 4.79 Å². The van der Waals surface area contributed by atoms with E-state index < -0.39 is 5.97 Å². The molecule has 0 aromatic rings. The highest BCUT2D eigenvalue weighted by Gasteiger charge is 2.27. The second kappa shape index (κ2) is 8.30. The summed E-state index contributed by atoms with van der Waals surface area (Å²) >= 11 is 1.79. The molecule has 6 heteroatoms. The first kappa shape index (κ1) is 16.1. The first-order valence-electron chi connectivity index (χ1n) is 6.88. The number of carbonyl (C=O) groups is 2. The molecule has 1 fully saturated rings. The van der Waals surface area contributed by atoms with Crippen molar-refractivity contribution in [1.29, 1.82) is 0 Å². The number of nitrogens with one attached hydrogen (secondary N) is 1. The molecule has 2 atom stereocenters. The fraction of sp³-hybridized carbons (Fsp3) is 0.846. The van der Waals surface area contributed by atoms with E-state index in [2.05, 4.69) is 11.6 Å². The summed E-state index contributed by atoms with van der Waals surface area (Å²) in [5.74, 6) is -0.964. The van der Waals surface area contributed by atoms with E-state index in [9.17, 15) is 9.59 Å². The number of thioether (sulfide) groups is 1. The van der Waals surface area contributed by atoms with Crippen LogP contribution in [0.15, 0.2) is 0 Å². The van der Waals surface area contributed by atoms with Gasteiger partial charge < -0.3 is 15.3 Å². The van der Waals surface area contributed by atoms with Crippen LogP contribution < -0.4 is 5.32 Å². The number of carboxylic acids is 1. The Morgan fingerprint density at radius 1 is 1.37 bits per heavy atom. The van der Waals surface area contributed by atoms with E-state index in [0.717, 1.165) is 25.7 Å². The summed E-state index contributed by atoms with van der Waals surface area (Å²) in [7, 11) is 0. The number of hydrogen-bond donors (Lipinski definition) is 2. The van der Waals surface area contributed by atoms with Crippen LogP contribution in [0.1, 0.15) is 39.0 Å². The molecule has 1 saturated carbocycles. The second-order valence-electron chi connectivity index (χ2n) is 4.93. The molecule has 0 heterocycles. The summed E-state index contributed by atoms with van der Waals surface area (Å²) in [6, 6.07) is -0.0698. The summed E-state index contributed by atoms with van der Waals surface area (Å²) in [4.78, 5) is 24.3. The van der Waals surface area contributed by atoms with Crippen LogP contribution in [0.25, 0.3) is 0 Å². The van der Waals surface area contributed by atoms with Gasteiger partial charge in [0.15, 0.2) is 0 Å². The minimum Gasteiger partial charge on any atom is -0.480 e. The minimum absolute atomic E-state index is 0.171. The van der Waals surface area contributed by atoms with Crippen LogP contribution in [0.5, 0.6) is 0 Å². The lowest BCUT2D eigenvalue weighted by Gasteiger charge is -2.32. The number of carbonyl (C=O) groups excluding carboxylic acids is 1. The van der Waals surface area contributed by atoms with Crippen molar-refractivity contribution in [3.05, 3.63) is 0 Å². The molecular formula is C13H24N2O3S. The van der Waals surface area contributed by atoms with Crippen molar-refractivity contribution in [3.63, 3.8) is 0 Å². The molecule has 0 radical (unpaired) electrons. The van der Waals surface area contributed by atoms with Crippen molar-refractivity contribution in [2.24, 2.45) is 0 Å². The molecule has 5 nitrogen and oxygen atoms in total. The summed E-state index contributed by atoms with van der Waals surface area (Å²) in [6.07, 6.45) is 7.29. The highest BCUT2D eigenvalue weighted by Crippen LogP contribution is 2.27. The van der Waals surface area contributed by atoms with E-state index >= 15 is 0 Å². The molecule has 2 unspecified atom stereocenters. The molecule has 110 valence electrons. The third-order valence-electron chi connectivity index (χ3n) is 3.42. The van der Waals surface area contributed by atoms with Crippen LogP contribution in [0.3, 0.4) is 0 Å². The lowest BCUT2D eigenvalue weighted by atomic mass is 9.95. The minimum atomic E-state index is -0.964. The average molecular weight is 288 g/mol. The van der Waals surface area contributed by atoms with Gasteiger partial charge in [-0.2, -0.15) is 11.8 Å². The lowest BCUT2D eigenvalue weighted by molar-refractivity contribution is -0.137. The average Bonchev–Trinajstić information content (AvgIpc) is 2.38. The number of hydrogen-bond acceptors (Lipinski definition) is 3. The quantitative estimate of drug-likeness (QED) is 0.786. The molecule has 0 spiro atoms. The maximum absolute atomic E-state index is 12.1. The number of carboxylic acid groups (broad SMARTS) is 1. The Kier molecular flexibility index (Phi) is 7.05. The SMILES string of the molecule is CCCN(CC(=O)O)C(=O)NC1CCCCC1SC. The standard InChI is InChI=1S/C13H24N2O3S/c1-3-8-15(9-12(16)17)13(18)14-10-6-4-5-7-11(10)19-2/h10-11H,3-9H2,1-2H3,(H,14,18)(H,16,17). The normalized spacial score (nSPS) is 22.8. The molecule has 1 aliphatic carbocycles. The van der Waals surface area contributed by atoms with E-state index in [4.69, 9.17) is 5.11 Å². The van der Waals surface area contributed by atoms with Gasteiger partial charge in [-0.3, -0.25) is 4.79 Å². The van der Waals surface area contributed by atoms with Gasteiger partial charge in [-0.05, 0) is 25.5 Å². The highest BCUT2D eigenvalue weighted by atomic mass is 32.2. The third kappa shape index (κ3) is 5.30. The Labute approximate surface area is 119 Å². The predicted molar refractivity (Wildman–Crippen MR) is 77.6 cm³/mol. The van der Waals surface area contributed by atoms with Gasteiger partial charge in [0.05, 0.1) is 0 Å². The Balaban J connectivity index is 2.56. The summed E-state index contributed by atoms with van der Waals surface area (Å²) in [6.45, 7) is 2.19. The van der Waals surface area contributed by atoms with Crippen LogP contribution in [0, 0.1) is 0 Å². The van der Waals surface area contributed by atoms with Crippen molar-refractivity contribution < 1.29 is 14.7 Å². The van der Waals surface area contributed by atoms with Crippen molar-refractivity contribution in [3.8, 4) is 0 Å². The number of nitrogens with zero attached hydrogens (tertiary/aromatic N) is 1. The zero-order chi connectivity index (χ0) is 14.3. The Morgan fingerprint density at radius 3 is 2.63 bits per heavy atom. The molecule has 2 amide bonds. The maximum Gasteiger partial charge on any atom is 0.323 e. The summed E-state index contributed by atoms with van der Waals surface area (Å²) < 4.78 is 0. The van der Waals surface area contributed by atoms with Gasteiger partial charge in [0.25, 0.3) is 0 Å².